The maximum atomic E-state index is 11.9. The molecule has 0 aromatic carbocycles. The molecule has 0 aliphatic heterocycles. The number of terminal acetylenes is 1. The first kappa shape index (κ1) is 27.6. The Morgan fingerprint density at radius 2 is 1.77 bits per heavy atom. The third kappa shape index (κ3) is 7.86. The fourth-order valence-electron chi connectivity index (χ4n) is 2.00. The molecule has 1 aromatic rings. The molecule has 1 aromatic heterocycles. The van der Waals surface area contributed by atoms with Crippen LogP contribution in [0.25, 0.3) is 0 Å². The third-order valence-corrected chi connectivity index (χ3v) is 7.09. The molecule has 1 heterocycles. The van der Waals surface area contributed by atoms with Gasteiger partial charge in [-0.2, -0.15) is 8.62 Å². The van der Waals surface area contributed by atoms with E-state index in [9.17, 15) is 38.4 Å². The fraction of sp³-hybridized carbons (Fsp3) is 0.455. The van der Waals surface area contributed by atoms with Gasteiger partial charge in [0.05, 0.1) is 6.61 Å². The maximum Gasteiger partial charge on any atom is 0.490 e. The highest BCUT2D eigenvalue weighted by molar-refractivity contribution is 7.66. The van der Waals surface area contributed by atoms with Crippen LogP contribution < -0.4 is 11.2 Å². The number of rotatable bonds is 11. The topological polar surface area (TPSA) is 264 Å². The summed E-state index contributed by atoms with van der Waals surface area (Å²) in [6.45, 7) is -1.19. The average Bonchev–Trinajstić information content (AvgIpc) is 2.58. The number of aromatic amines is 1. The van der Waals surface area contributed by atoms with Gasteiger partial charge in [-0.3, -0.25) is 18.9 Å². The first-order valence-electron chi connectivity index (χ1n) is 7.48. The Labute approximate surface area is 172 Å². The van der Waals surface area contributed by atoms with Gasteiger partial charge in [-0.05, 0) is 5.92 Å². The lowest BCUT2D eigenvalue weighted by Crippen LogP contribution is -2.55. The monoisotopic (exact) mass is 510 g/mol. The van der Waals surface area contributed by atoms with Crippen LogP contribution in [-0.2, 0) is 37.3 Å². The quantitative estimate of drug-likeness (QED) is 0.120. The molecule has 0 aliphatic carbocycles. The molecule has 176 valence electrons. The van der Waals surface area contributed by atoms with Crippen molar-refractivity contribution in [1.29, 1.82) is 0 Å². The number of phosphoric ester groups is 1. The van der Waals surface area contributed by atoms with Crippen molar-refractivity contribution in [3.05, 3.63) is 33.1 Å². The second-order valence-corrected chi connectivity index (χ2v) is 9.88. The molecule has 0 saturated heterocycles. The number of ether oxygens (including phenoxy) is 1. The molecule has 0 spiro atoms. The second kappa shape index (κ2) is 9.99. The predicted molar refractivity (Wildman–Crippen MR) is 97.0 cm³/mol. The molecular formula is C11H17N2O15P3. The highest BCUT2D eigenvalue weighted by Gasteiger charge is 2.45. The lowest BCUT2D eigenvalue weighted by molar-refractivity contribution is -0.155. The summed E-state index contributed by atoms with van der Waals surface area (Å²) in [5, 5.41) is 20.9. The summed E-state index contributed by atoms with van der Waals surface area (Å²) in [5.41, 5.74) is -4.98. The summed E-state index contributed by atoms with van der Waals surface area (Å²) in [4.78, 5) is 60.2. The number of H-pyrrole nitrogens is 1. The average molecular weight is 510 g/mol. The summed E-state index contributed by atoms with van der Waals surface area (Å²) in [5.74, 6) is 1.69. The first-order chi connectivity index (χ1) is 14.0. The van der Waals surface area contributed by atoms with E-state index in [-0.39, 0.29) is 0 Å². The molecule has 0 saturated carbocycles. The van der Waals surface area contributed by atoms with E-state index in [2.05, 4.69) is 13.1 Å². The van der Waals surface area contributed by atoms with Gasteiger partial charge < -0.3 is 34.5 Å². The Kier molecular flexibility index (Phi) is 8.88. The van der Waals surface area contributed by atoms with Crippen LogP contribution in [0.5, 0.6) is 0 Å². The standard InChI is InChI=1S/C11H17N2O15P3/c1-3-11(17,13-5-4-8(14)12-10(13)16)9(15)7(25-2)6-26-30(21,22)28-31(23,24)27-29(18,19)20/h1,4-5,7,9,15,17H,6H2,2H3,(H,21,22)(H,23,24)(H,12,14,16)(H2,18,19,20)/t7-,9-,11-/m1/s1. The van der Waals surface area contributed by atoms with Gasteiger partial charge in [-0.1, -0.05) is 0 Å². The van der Waals surface area contributed by atoms with Crippen LogP contribution >= 0.6 is 23.5 Å². The number of aliphatic hydroxyl groups is 2. The molecule has 20 heteroatoms. The molecule has 0 amide bonds. The number of nitrogens with one attached hydrogen (secondary N) is 1. The molecule has 0 aliphatic rings. The van der Waals surface area contributed by atoms with Gasteiger partial charge in [0.15, 0.2) is 0 Å². The van der Waals surface area contributed by atoms with Crippen LogP contribution in [0.15, 0.2) is 21.9 Å². The van der Waals surface area contributed by atoms with Crippen molar-refractivity contribution in [3.63, 3.8) is 0 Å². The van der Waals surface area contributed by atoms with Crippen LogP contribution in [0, 0.1) is 12.3 Å². The molecule has 0 radical (unpaired) electrons. The van der Waals surface area contributed by atoms with E-state index >= 15 is 0 Å². The van der Waals surface area contributed by atoms with Crippen molar-refractivity contribution in [1.82, 2.24) is 9.55 Å². The first-order valence-corrected chi connectivity index (χ1v) is 12.0. The van der Waals surface area contributed by atoms with Crippen molar-refractivity contribution in [2.45, 2.75) is 17.9 Å². The van der Waals surface area contributed by atoms with E-state index < -0.39 is 59.3 Å². The Morgan fingerprint density at radius 1 is 1.19 bits per heavy atom. The van der Waals surface area contributed by atoms with Gasteiger partial charge in [0.2, 0.25) is 5.72 Å². The fourth-order valence-corrected chi connectivity index (χ4v) is 5.03. The zero-order chi connectivity index (χ0) is 24.3. The molecule has 5 atom stereocenters. The van der Waals surface area contributed by atoms with E-state index in [0.717, 1.165) is 19.4 Å². The lowest BCUT2D eigenvalue weighted by Gasteiger charge is -2.33. The minimum Gasteiger partial charge on any atom is -0.384 e. The van der Waals surface area contributed by atoms with Gasteiger partial charge in [0.25, 0.3) is 5.56 Å². The van der Waals surface area contributed by atoms with E-state index in [4.69, 9.17) is 25.8 Å². The van der Waals surface area contributed by atoms with Gasteiger partial charge in [-0.25, -0.2) is 18.5 Å². The summed E-state index contributed by atoms with van der Waals surface area (Å²) in [6.07, 6.45) is 1.81. The third-order valence-electron chi connectivity index (χ3n) is 3.29. The smallest absolute Gasteiger partial charge is 0.384 e. The summed E-state index contributed by atoms with van der Waals surface area (Å²) in [6, 6.07) is 0.782. The van der Waals surface area contributed by atoms with Gasteiger partial charge >= 0.3 is 29.2 Å². The van der Waals surface area contributed by atoms with E-state index in [0.29, 0.717) is 4.57 Å². The molecule has 7 N–H and O–H groups in total. The minimum absolute atomic E-state index is 0.329. The molecule has 0 bridgehead atoms. The highest BCUT2D eigenvalue weighted by Crippen LogP contribution is 2.66. The zero-order valence-electron chi connectivity index (χ0n) is 15.2. The van der Waals surface area contributed by atoms with Crippen molar-refractivity contribution in [3.8, 4) is 12.3 Å². The molecule has 17 nitrogen and oxygen atoms in total. The number of hydrogen-bond acceptors (Lipinski definition) is 11. The molecule has 31 heavy (non-hydrogen) atoms. The molecule has 0 fully saturated rings. The van der Waals surface area contributed by atoms with Crippen LogP contribution in [0.4, 0.5) is 0 Å². The highest BCUT2D eigenvalue weighted by atomic mass is 31.3. The summed E-state index contributed by atoms with van der Waals surface area (Å²) in [7, 11) is -16.1. The number of methoxy groups -OCH3 is 1. The molecule has 1 rings (SSSR count). The van der Waals surface area contributed by atoms with Crippen molar-refractivity contribution in [2.75, 3.05) is 13.7 Å². The number of hydrogen-bond donors (Lipinski definition) is 7. The van der Waals surface area contributed by atoms with Gasteiger partial charge in [0.1, 0.15) is 12.2 Å². The second-order valence-electron chi connectivity index (χ2n) is 5.46. The molecular weight excluding hydrogens is 493 g/mol. The number of aliphatic hydroxyl groups excluding tert-OH is 1. The van der Waals surface area contributed by atoms with Crippen LogP contribution in [0.2, 0.25) is 0 Å². The van der Waals surface area contributed by atoms with E-state index in [1.807, 2.05) is 0 Å². The Balaban J connectivity index is 3.05. The van der Waals surface area contributed by atoms with Crippen LogP contribution in [0.1, 0.15) is 0 Å². The van der Waals surface area contributed by atoms with E-state index in [1.165, 1.54) is 0 Å². The summed E-state index contributed by atoms with van der Waals surface area (Å²) >= 11 is 0. The SMILES string of the molecule is C#C[C@@](O)([C@H](O)[C@@H](COP(=O)(O)OP(=O)(O)OP(=O)(O)O)OC)n1ccc(=O)[nH]c1=O. The Morgan fingerprint density at radius 3 is 2.23 bits per heavy atom. The number of aromatic nitrogens is 2. The van der Waals surface area contributed by atoms with Crippen molar-refractivity contribution >= 4 is 23.5 Å². The van der Waals surface area contributed by atoms with Crippen LogP contribution in [0.3, 0.4) is 0 Å². The number of phosphoric acid groups is 3. The lowest BCUT2D eigenvalue weighted by atomic mass is 10.0. The number of nitrogens with zero attached hydrogens (tertiary/aromatic N) is 1. The molecule has 2 unspecified atom stereocenters. The van der Waals surface area contributed by atoms with E-state index in [1.54, 1.807) is 10.9 Å². The maximum absolute atomic E-state index is 11.9. The van der Waals surface area contributed by atoms with Crippen LogP contribution in [-0.4, -0.2) is 65.3 Å². The largest absolute Gasteiger partial charge is 0.490 e. The Bertz CT molecular complexity index is 1080. The van der Waals surface area contributed by atoms with Crippen molar-refractivity contribution in [2.24, 2.45) is 0 Å². The van der Waals surface area contributed by atoms with Gasteiger partial charge in [-0.15, -0.1) is 6.42 Å². The normalized spacial score (nSPS) is 19.9. The van der Waals surface area contributed by atoms with Gasteiger partial charge in [0, 0.05) is 19.4 Å². The Hall–Kier alpha value is -1.47. The predicted octanol–water partition coefficient (Wildman–Crippen LogP) is -2.47. The minimum atomic E-state index is -5.79. The van der Waals surface area contributed by atoms with Crippen molar-refractivity contribution < 1.29 is 61.4 Å². The summed E-state index contributed by atoms with van der Waals surface area (Å²) < 4.78 is 50.0. The zero-order valence-corrected chi connectivity index (χ0v) is 17.9.